The Bertz CT molecular complexity index is 269. The van der Waals surface area contributed by atoms with Crippen molar-refractivity contribution in [2.75, 3.05) is 6.54 Å². The van der Waals surface area contributed by atoms with Crippen LogP contribution in [0.3, 0.4) is 0 Å². The van der Waals surface area contributed by atoms with Gasteiger partial charge in [-0.25, -0.2) is 0 Å². The third kappa shape index (κ3) is 4.40. The normalized spacial score (nSPS) is 13.1. The molecule has 1 aromatic heterocycles. The molecule has 0 spiro atoms. The van der Waals surface area contributed by atoms with E-state index in [1.807, 2.05) is 0 Å². The molecular weight excluding hydrogens is 330 g/mol. The topological polar surface area (TPSA) is 32.3 Å². The fraction of sp³-hybridized carbons (Fsp3) is 0.556. The SMILES string of the molecule is CC(O)CCNCc1cc(Br)c(Br)s1. The number of halogens is 2. The predicted octanol–water partition coefficient (Wildman–Crippen LogP) is 3.13. The van der Waals surface area contributed by atoms with Gasteiger partial charge in [0, 0.05) is 15.9 Å². The molecule has 0 bridgehead atoms. The van der Waals surface area contributed by atoms with E-state index >= 15 is 0 Å². The highest BCUT2D eigenvalue weighted by atomic mass is 79.9. The fourth-order valence-electron chi connectivity index (χ4n) is 1.00. The van der Waals surface area contributed by atoms with Crippen LogP contribution < -0.4 is 5.32 Å². The van der Waals surface area contributed by atoms with Crippen LogP contribution in [0.1, 0.15) is 18.2 Å². The van der Waals surface area contributed by atoms with E-state index in [4.69, 9.17) is 5.11 Å². The van der Waals surface area contributed by atoms with Crippen molar-refractivity contribution < 1.29 is 5.11 Å². The zero-order valence-corrected chi connectivity index (χ0v) is 11.9. The van der Waals surface area contributed by atoms with Gasteiger partial charge in [0.05, 0.1) is 9.89 Å². The molecule has 0 saturated carbocycles. The summed E-state index contributed by atoms with van der Waals surface area (Å²) in [4.78, 5) is 1.29. The number of rotatable bonds is 5. The maximum atomic E-state index is 9.05. The van der Waals surface area contributed by atoms with Crippen molar-refractivity contribution in [1.29, 1.82) is 0 Å². The third-order valence-corrected chi connectivity index (χ3v) is 4.99. The Morgan fingerprint density at radius 3 is 2.79 bits per heavy atom. The number of hydrogen-bond donors (Lipinski definition) is 2. The molecule has 0 aromatic carbocycles. The van der Waals surface area contributed by atoms with Gasteiger partial charge in [0.25, 0.3) is 0 Å². The highest BCUT2D eigenvalue weighted by Crippen LogP contribution is 2.32. The van der Waals surface area contributed by atoms with Gasteiger partial charge in [-0.2, -0.15) is 0 Å². The first kappa shape index (κ1) is 12.6. The Morgan fingerprint density at radius 1 is 1.57 bits per heavy atom. The highest BCUT2D eigenvalue weighted by Gasteiger charge is 2.03. The molecular formula is C9H13Br2NOS. The molecule has 0 radical (unpaired) electrons. The molecule has 1 rings (SSSR count). The van der Waals surface area contributed by atoms with Gasteiger partial charge >= 0.3 is 0 Å². The van der Waals surface area contributed by atoms with Gasteiger partial charge < -0.3 is 10.4 Å². The fourth-order valence-corrected chi connectivity index (χ4v) is 3.15. The van der Waals surface area contributed by atoms with Crippen LogP contribution in [0.4, 0.5) is 0 Å². The number of aliphatic hydroxyl groups is 1. The average molecular weight is 343 g/mol. The number of thiophene rings is 1. The Morgan fingerprint density at radius 2 is 2.29 bits per heavy atom. The molecule has 1 unspecified atom stereocenters. The van der Waals surface area contributed by atoms with Crippen LogP contribution in [0.15, 0.2) is 14.3 Å². The number of nitrogens with one attached hydrogen (secondary N) is 1. The van der Waals surface area contributed by atoms with Crippen molar-refractivity contribution in [2.24, 2.45) is 0 Å². The second kappa shape index (κ2) is 6.23. The Hall–Kier alpha value is 0.580. The summed E-state index contributed by atoms with van der Waals surface area (Å²) >= 11 is 8.61. The smallest absolute Gasteiger partial charge is 0.0843 e. The molecule has 2 nitrogen and oxygen atoms in total. The lowest BCUT2D eigenvalue weighted by atomic mass is 10.3. The lowest BCUT2D eigenvalue weighted by Crippen LogP contribution is -2.17. The minimum Gasteiger partial charge on any atom is -0.393 e. The van der Waals surface area contributed by atoms with E-state index in [0.29, 0.717) is 0 Å². The van der Waals surface area contributed by atoms with Gasteiger partial charge in [-0.1, -0.05) is 0 Å². The monoisotopic (exact) mass is 341 g/mol. The van der Waals surface area contributed by atoms with Crippen molar-refractivity contribution >= 4 is 43.2 Å². The minimum absolute atomic E-state index is 0.218. The maximum Gasteiger partial charge on any atom is 0.0843 e. The first-order valence-corrected chi connectivity index (χ1v) is 6.82. The van der Waals surface area contributed by atoms with Crippen LogP contribution in [-0.2, 0) is 6.54 Å². The van der Waals surface area contributed by atoms with Crippen molar-refractivity contribution in [3.63, 3.8) is 0 Å². The molecule has 5 heteroatoms. The summed E-state index contributed by atoms with van der Waals surface area (Å²) in [6, 6.07) is 2.10. The zero-order valence-electron chi connectivity index (χ0n) is 7.89. The summed E-state index contributed by atoms with van der Waals surface area (Å²) in [5, 5.41) is 12.3. The van der Waals surface area contributed by atoms with E-state index in [0.717, 1.165) is 27.8 Å². The van der Waals surface area contributed by atoms with Gasteiger partial charge in [-0.3, -0.25) is 0 Å². The van der Waals surface area contributed by atoms with E-state index < -0.39 is 0 Å². The zero-order chi connectivity index (χ0) is 10.6. The van der Waals surface area contributed by atoms with E-state index in [1.54, 1.807) is 18.3 Å². The predicted molar refractivity (Wildman–Crippen MR) is 67.7 cm³/mol. The molecule has 0 aliphatic heterocycles. The van der Waals surface area contributed by atoms with Crippen LogP contribution in [-0.4, -0.2) is 17.8 Å². The number of hydrogen-bond acceptors (Lipinski definition) is 3. The summed E-state index contributed by atoms with van der Waals surface area (Å²) in [6.45, 7) is 3.52. The number of aliphatic hydroxyl groups excluding tert-OH is 1. The molecule has 1 heterocycles. The molecule has 1 atom stereocenters. The molecule has 80 valence electrons. The van der Waals surface area contributed by atoms with Gasteiger partial charge in [-0.05, 0) is 57.8 Å². The lowest BCUT2D eigenvalue weighted by Gasteiger charge is -2.04. The molecule has 2 N–H and O–H groups in total. The quantitative estimate of drug-likeness (QED) is 0.806. The molecule has 0 saturated heterocycles. The molecule has 14 heavy (non-hydrogen) atoms. The van der Waals surface area contributed by atoms with E-state index in [2.05, 4.69) is 43.2 Å². The summed E-state index contributed by atoms with van der Waals surface area (Å²) in [6.07, 6.45) is 0.581. The second-order valence-electron chi connectivity index (χ2n) is 3.15. The van der Waals surface area contributed by atoms with Crippen molar-refractivity contribution in [2.45, 2.75) is 26.0 Å². The van der Waals surface area contributed by atoms with Crippen molar-refractivity contribution in [1.82, 2.24) is 5.32 Å². The molecule has 0 aliphatic carbocycles. The second-order valence-corrected chi connectivity index (χ2v) is 6.46. The Balaban J connectivity index is 2.25. The largest absolute Gasteiger partial charge is 0.393 e. The van der Waals surface area contributed by atoms with Crippen molar-refractivity contribution in [3.05, 3.63) is 19.2 Å². The van der Waals surface area contributed by atoms with Crippen LogP contribution in [0.5, 0.6) is 0 Å². The first-order valence-electron chi connectivity index (χ1n) is 4.42. The van der Waals surface area contributed by atoms with Crippen LogP contribution >= 0.6 is 43.2 Å². The first-order chi connectivity index (χ1) is 6.59. The van der Waals surface area contributed by atoms with Crippen LogP contribution in [0, 0.1) is 0 Å². The van der Waals surface area contributed by atoms with E-state index in [9.17, 15) is 0 Å². The van der Waals surface area contributed by atoms with E-state index in [-0.39, 0.29) is 6.10 Å². The third-order valence-electron chi connectivity index (χ3n) is 1.73. The Kier molecular flexibility index (Phi) is 5.62. The molecule has 1 aromatic rings. The van der Waals surface area contributed by atoms with Gasteiger partial charge in [0.15, 0.2) is 0 Å². The van der Waals surface area contributed by atoms with Crippen molar-refractivity contribution in [3.8, 4) is 0 Å². The lowest BCUT2D eigenvalue weighted by molar-refractivity contribution is 0.183. The highest BCUT2D eigenvalue weighted by molar-refractivity contribution is 9.13. The Labute approximate surface area is 105 Å². The standard InChI is InChI=1S/C9H13Br2NOS/c1-6(13)2-3-12-5-7-4-8(10)9(11)14-7/h4,6,12-13H,2-3,5H2,1H3. The maximum absolute atomic E-state index is 9.05. The van der Waals surface area contributed by atoms with E-state index in [1.165, 1.54) is 4.88 Å². The van der Waals surface area contributed by atoms with Gasteiger partial charge in [-0.15, -0.1) is 11.3 Å². The van der Waals surface area contributed by atoms with Gasteiger partial charge in [0.2, 0.25) is 0 Å². The summed E-state index contributed by atoms with van der Waals surface area (Å²) in [7, 11) is 0. The summed E-state index contributed by atoms with van der Waals surface area (Å²) in [5.74, 6) is 0. The summed E-state index contributed by atoms with van der Waals surface area (Å²) < 4.78 is 2.24. The van der Waals surface area contributed by atoms with Crippen LogP contribution in [0.2, 0.25) is 0 Å². The summed E-state index contributed by atoms with van der Waals surface area (Å²) in [5.41, 5.74) is 0. The minimum atomic E-state index is -0.218. The molecule has 0 fully saturated rings. The average Bonchev–Trinajstić information content (AvgIpc) is 2.40. The molecule has 0 aliphatic rings. The molecule has 0 amide bonds. The van der Waals surface area contributed by atoms with Crippen LogP contribution in [0.25, 0.3) is 0 Å². The van der Waals surface area contributed by atoms with Gasteiger partial charge in [0.1, 0.15) is 0 Å².